The zero-order chi connectivity index (χ0) is 12.4. The maximum absolute atomic E-state index is 5.50. The van der Waals surface area contributed by atoms with E-state index in [9.17, 15) is 0 Å². The number of hydrogen-bond donors (Lipinski definition) is 1. The van der Waals surface area contributed by atoms with E-state index in [1.165, 1.54) is 11.1 Å². The van der Waals surface area contributed by atoms with E-state index in [-0.39, 0.29) is 0 Å². The average Bonchev–Trinajstić information content (AvgIpc) is 2.98. The Bertz CT molecular complexity index is 548. The summed E-state index contributed by atoms with van der Waals surface area (Å²) in [6.45, 7) is 2.47. The van der Waals surface area contributed by atoms with E-state index in [4.69, 9.17) is 4.74 Å². The standard InChI is InChI=1S/C14H17N3O/c1-17-6-5-16-14(17)10-15-9-11-2-3-13-12(8-11)4-7-18-13/h2-3,5-6,8,15H,4,7,9-10H2,1H3. The van der Waals surface area contributed by atoms with E-state index in [0.717, 1.165) is 37.7 Å². The van der Waals surface area contributed by atoms with Crippen LogP contribution in [-0.4, -0.2) is 16.2 Å². The first kappa shape index (κ1) is 11.3. The molecule has 0 amide bonds. The summed E-state index contributed by atoms with van der Waals surface area (Å²) < 4.78 is 7.53. The molecular formula is C14H17N3O. The molecule has 4 heteroatoms. The van der Waals surface area contributed by atoms with E-state index < -0.39 is 0 Å². The normalized spacial score (nSPS) is 13.4. The van der Waals surface area contributed by atoms with E-state index in [0.29, 0.717) is 0 Å². The number of aryl methyl sites for hydroxylation is 1. The van der Waals surface area contributed by atoms with Gasteiger partial charge in [-0.15, -0.1) is 0 Å². The van der Waals surface area contributed by atoms with Gasteiger partial charge in [-0.2, -0.15) is 0 Å². The quantitative estimate of drug-likeness (QED) is 0.887. The van der Waals surface area contributed by atoms with E-state index in [1.807, 2.05) is 24.0 Å². The summed E-state index contributed by atoms with van der Waals surface area (Å²) in [6.07, 6.45) is 4.82. The zero-order valence-electron chi connectivity index (χ0n) is 10.5. The number of nitrogens with one attached hydrogen (secondary N) is 1. The fourth-order valence-corrected chi connectivity index (χ4v) is 2.24. The SMILES string of the molecule is Cn1ccnc1CNCc1ccc2c(c1)CCO2. The maximum atomic E-state index is 5.50. The molecule has 0 unspecified atom stereocenters. The number of aromatic nitrogens is 2. The van der Waals surface area contributed by atoms with Gasteiger partial charge in [0.15, 0.2) is 0 Å². The minimum atomic E-state index is 0.789. The van der Waals surface area contributed by atoms with Crippen molar-refractivity contribution in [2.75, 3.05) is 6.61 Å². The summed E-state index contributed by atoms with van der Waals surface area (Å²) >= 11 is 0. The summed E-state index contributed by atoms with van der Waals surface area (Å²) in [6, 6.07) is 6.42. The lowest BCUT2D eigenvalue weighted by atomic mass is 10.1. The Kier molecular flexibility index (Phi) is 3.02. The van der Waals surface area contributed by atoms with Gasteiger partial charge in [0, 0.05) is 32.4 Å². The third-order valence-corrected chi connectivity index (χ3v) is 3.29. The molecule has 0 radical (unpaired) electrons. The van der Waals surface area contributed by atoms with Gasteiger partial charge in [0.1, 0.15) is 11.6 Å². The highest BCUT2D eigenvalue weighted by Crippen LogP contribution is 2.25. The van der Waals surface area contributed by atoms with Crippen molar-refractivity contribution in [2.45, 2.75) is 19.5 Å². The molecule has 0 fully saturated rings. The first-order valence-corrected chi connectivity index (χ1v) is 6.24. The Hall–Kier alpha value is -1.81. The van der Waals surface area contributed by atoms with Crippen LogP contribution in [0.25, 0.3) is 0 Å². The van der Waals surface area contributed by atoms with Gasteiger partial charge < -0.3 is 14.6 Å². The molecule has 2 heterocycles. The Labute approximate surface area is 107 Å². The van der Waals surface area contributed by atoms with Crippen LogP contribution in [-0.2, 0) is 26.6 Å². The van der Waals surface area contributed by atoms with E-state index in [1.54, 1.807) is 0 Å². The molecule has 4 nitrogen and oxygen atoms in total. The summed E-state index contributed by atoms with van der Waals surface area (Å²) in [5.74, 6) is 2.10. The number of rotatable bonds is 4. The van der Waals surface area contributed by atoms with Crippen molar-refractivity contribution >= 4 is 0 Å². The smallest absolute Gasteiger partial charge is 0.122 e. The molecular weight excluding hydrogens is 226 g/mol. The monoisotopic (exact) mass is 243 g/mol. The van der Waals surface area contributed by atoms with Gasteiger partial charge in [-0.1, -0.05) is 12.1 Å². The lowest BCUT2D eigenvalue weighted by Gasteiger charge is -2.06. The molecule has 1 aliphatic rings. The van der Waals surface area contributed by atoms with Crippen LogP contribution in [0.3, 0.4) is 0 Å². The highest BCUT2D eigenvalue weighted by atomic mass is 16.5. The third kappa shape index (κ3) is 2.24. The molecule has 0 saturated heterocycles. The second kappa shape index (κ2) is 4.82. The predicted octanol–water partition coefficient (Wildman–Crippen LogP) is 1.64. The van der Waals surface area contributed by atoms with Gasteiger partial charge in [-0.3, -0.25) is 0 Å². The summed E-state index contributed by atoms with van der Waals surface area (Å²) in [5.41, 5.74) is 2.62. The second-order valence-corrected chi connectivity index (χ2v) is 4.60. The minimum absolute atomic E-state index is 0.789. The van der Waals surface area contributed by atoms with Crippen LogP contribution in [0.4, 0.5) is 0 Å². The number of benzene rings is 1. The Morgan fingerprint density at radius 3 is 3.17 bits per heavy atom. The molecule has 0 saturated carbocycles. The molecule has 0 atom stereocenters. The molecule has 1 aromatic carbocycles. The van der Waals surface area contributed by atoms with E-state index >= 15 is 0 Å². The van der Waals surface area contributed by atoms with Crippen molar-refractivity contribution in [1.82, 2.24) is 14.9 Å². The highest BCUT2D eigenvalue weighted by Gasteiger charge is 2.11. The molecule has 3 rings (SSSR count). The summed E-state index contributed by atoms with van der Waals surface area (Å²) in [7, 11) is 2.01. The van der Waals surface area contributed by atoms with Crippen LogP contribution in [0, 0.1) is 0 Å². The van der Waals surface area contributed by atoms with Gasteiger partial charge in [0.2, 0.25) is 0 Å². The number of hydrogen-bond acceptors (Lipinski definition) is 3. The Morgan fingerprint density at radius 2 is 2.33 bits per heavy atom. The fraction of sp³-hybridized carbons (Fsp3) is 0.357. The summed E-state index contributed by atoms with van der Waals surface area (Å²) in [4.78, 5) is 4.29. The van der Waals surface area contributed by atoms with Gasteiger partial charge in [0.05, 0.1) is 13.2 Å². The lowest BCUT2D eigenvalue weighted by Crippen LogP contribution is -2.15. The van der Waals surface area contributed by atoms with Crippen LogP contribution in [0.1, 0.15) is 17.0 Å². The molecule has 0 aliphatic carbocycles. The van der Waals surface area contributed by atoms with Crippen LogP contribution in [0.2, 0.25) is 0 Å². The van der Waals surface area contributed by atoms with Crippen molar-refractivity contribution in [3.8, 4) is 5.75 Å². The first-order chi connectivity index (χ1) is 8.83. The largest absolute Gasteiger partial charge is 0.493 e. The minimum Gasteiger partial charge on any atom is -0.493 e. The van der Waals surface area contributed by atoms with Gasteiger partial charge >= 0.3 is 0 Å². The Morgan fingerprint density at radius 1 is 1.39 bits per heavy atom. The van der Waals surface area contributed by atoms with Crippen molar-refractivity contribution in [3.05, 3.63) is 47.5 Å². The number of nitrogens with zero attached hydrogens (tertiary/aromatic N) is 2. The topological polar surface area (TPSA) is 39.1 Å². The van der Waals surface area contributed by atoms with Crippen LogP contribution < -0.4 is 10.1 Å². The van der Waals surface area contributed by atoms with Crippen LogP contribution in [0.15, 0.2) is 30.6 Å². The molecule has 18 heavy (non-hydrogen) atoms. The fourth-order valence-electron chi connectivity index (χ4n) is 2.24. The van der Waals surface area contributed by atoms with Crippen LogP contribution in [0.5, 0.6) is 5.75 Å². The van der Waals surface area contributed by atoms with Crippen molar-refractivity contribution in [1.29, 1.82) is 0 Å². The van der Waals surface area contributed by atoms with Gasteiger partial charge in [-0.25, -0.2) is 4.98 Å². The number of imidazole rings is 1. The average molecular weight is 243 g/mol. The molecule has 1 aliphatic heterocycles. The molecule has 94 valence electrons. The van der Waals surface area contributed by atoms with Crippen molar-refractivity contribution in [3.63, 3.8) is 0 Å². The van der Waals surface area contributed by atoms with E-state index in [2.05, 4.69) is 28.5 Å². The first-order valence-electron chi connectivity index (χ1n) is 6.24. The highest BCUT2D eigenvalue weighted by molar-refractivity contribution is 5.39. The van der Waals surface area contributed by atoms with Crippen molar-refractivity contribution in [2.24, 2.45) is 7.05 Å². The molecule has 0 spiro atoms. The molecule has 2 aromatic rings. The van der Waals surface area contributed by atoms with Gasteiger partial charge in [0.25, 0.3) is 0 Å². The zero-order valence-corrected chi connectivity index (χ0v) is 10.5. The second-order valence-electron chi connectivity index (χ2n) is 4.60. The lowest BCUT2D eigenvalue weighted by molar-refractivity contribution is 0.357. The van der Waals surface area contributed by atoms with Crippen LogP contribution >= 0.6 is 0 Å². The van der Waals surface area contributed by atoms with Crippen molar-refractivity contribution < 1.29 is 4.74 Å². The number of ether oxygens (including phenoxy) is 1. The maximum Gasteiger partial charge on any atom is 0.122 e. The molecule has 1 aromatic heterocycles. The Balaban J connectivity index is 1.59. The molecule has 0 bridgehead atoms. The summed E-state index contributed by atoms with van der Waals surface area (Å²) in [5, 5.41) is 3.41. The predicted molar refractivity (Wildman–Crippen MR) is 69.4 cm³/mol. The third-order valence-electron chi connectivity index (χ3n) is 3.29. The number of fused-ring (bicyclic) bond motifs is 1. The molecule has 1 N–H and O–H groups in total. The van der Waals surface area contributed by atoms with Gasteiger partial charge in [-0.05, 0) is 17.2 Å².